The summed E-state index contributed by atoms with van der Waals surface area (Å²) < 4.78 is 99.2. The third-order valence-electron chi connectivity index (χ3n) is 5.88. The van der Waals surface area contributed by atoms with Crippen molar-refractivity contribution < 1.29 is 39.5 Å². The molecular weight excluding hydrogens is 511 g/mol. The van der Waals surface area contributed by atoms with Crippen LogP contribution in [0, 0.1) is 0 Å². The van der Waals surface area contributed by atoms with Gasteiger partial charge >= 0.3 is 12.1 Å². The van der Waals surface area contributed by atoms with Crippen LogP contribution in [0.4, 0.5) is 13.2 Å². The maximum atomic E-state index is 13.5. The molecule has 1 unspecified atom stereocenters. The second kappa shape index (κ2) is 9.90. The minimum atomic E-state index is -4.95. The van der Waals surface area contributed by atoms with E-state index in [9.17, 15) is 34.8 Å². The van der Waals surface area contributed by atoms with Crippen molar-refractivity contribution in [3.8, 4) is 0 Å². The van der Waals surface area contributed by atoms with Gasteiger partial charge in [-0.3, -0.25) is 9.48 Å². The molecule has 35 heavy (non-hydrogen) atoms. The maximum Gasteiger partial charge on any atom is 0.416 e. The lowest BCUT2D eigenvalue weighted by Gasteiger charge is -2.31. The number of rotatable bonds is 8. The number of hydrogen-bond donors (Lipinski definition) is 0. The van der Waals surface area contributed by atoms with Crippen LogP contribution >= 0.6 is 0 Å². The van der Waals surface area contributed by atoms with Gasteiger partial charge < -0.3 is 4.74 Å². The van der Waals surface area contributed by atoms with Crippen LogP contribution in [-0.2, 0) is 48.5 Å². The van der Waals surface area contributed by atoms with E-state index >= 15 is 0 Å². The van der Waals surface area contributed by atoms with Crippen molar-refractivity contribution in [2.45, 2.75) is 61.7 Å². The second-order valence-electron chi connectivity index (χ2n) is 8.03. The highest BCUT2D eigenvalue weighted by Gasteiger charge is 2.38. The molecule has 1 aliphatic rings. The Morgan fingerprint density at radius 3 is 2.43 bits per heavy atom. The Labute approximate surface area is 201 Å². The van der Waals surface area contributed by atoms with E-state index in [4.69, 9.17) is 4.74 Å². The van der Waals surface area contributed by atoms with Crippen molar-refractivity contribution in [1.29, 1.82) is 0 Å². The van der Waals surface area contributed by atoms with E-state index < -0.39 is 59.2 Å². The molecule has 1 atom stereocenters. The van der Waals surface area contributed by atoms with Gasteiger partial charge in [0.25, 0.3) is 0 Å². The van der Waals surface area contributed by atoms with E-state index in [1.54, 1.807) is 6.92 Å². The molecule has 0 spiro atoms. The number of ether oxygens (including phenoxy) is 1. The minimum Gasteiger partial charge on any atom is -0.465 e. The second-order valence-corrected chi connectivity index (χ2v) is 12.3. The molecule has 0 saturated carbocycles. The predicted octanol–water partition coefficient (Wildman–Crippen LogP) is 2.96. The molecule has 194 valence electrons. The van der Waals surface area contributed by atoms with Crippen LogP contribution in [0.3, 0.4) is 0 Å². The summed E-state index contributed by atoms with van der Waals surface area (Å²) in [5.41, 5.74) is -0.208. The molecule has 0 fully saturated rings. The number of fused-ring (bicyclic) bond motifs is 1. The first kappa shape index (κ1) is 27.1. The van der Waals surface area contributed by atoms with Crippen molar-refractivity contribution in [3.05, 3.63) is 41.2 Å². The van der Waals surface area contributed by atoms with Gasteiger partial charge in [-0.15, -0.1) is 0 Å². The zero-order chi connectivity index (χ0) is 26.2. The third-order valence-corrected chi connectivity index (χ3v) is 9.44. The first-order chi connectivity index (χ1) is 16.2. The molecule has 0 aliphatic heterocycles. The Hall–Kier alpha value is -2.45. The molecule has 0 amide bonds. The summed E-state index contributed by atoms with van der Waals surface area (Å²) in [5.74, 6) is -0.995. The Kier molecular flexibility index (Phi) is 7.67. The number of carbonyl (C=O) groups excluding carboxylic acids is 1. The summed E-state index contributed by atoms with van der Waals surface area (Å²) in [6.45, 7) is 2.96. The fourth-order valence-electron chi connectivity index (χ4n) is 4.00. The predicted molar refractivity (Wildman–Crippen MR) is 119 cm³/mol. The van der Waals surface area contributed by atoms with E-state index in [1.807, 2.05) is 0 Å². The first-order valence-electron chi connectivity index (χ1n) is 10.9. The van der Waals surface area contributed by atoms with E-state index in [0.717, 1.165) is 10.4 Å². The van der Waals surface area contributed by atoms with Crippen molar-refractivity contribution in [2.24, 2.45) is 0 Å². The topological polar surface area (TPSA) is 116 Å². The van der Waals surface area contributed by atoms with Crippen molar-refractivity contribution in [3.63, 3.8) is 0 Å². The highest BCUT2D eigenvalue weighted by molar-refractivity contribution is 7.91. The minimum absolute atomic E-state index is 0.155. The summed E-state index contributed by atoms with van der Waals surface area (Å²) in [6.07, 6.45) is -2.07. The zero-order valence-electron chi connectivity index (χ0n) is 19.4. The van der Waals surface area contributed by atoms with Crippen molar-refractivity contribution in [1.82, 2.24) is 14.1 Å². The molecule has 1 aliphatic carbocycles. The van der Waals surface area contributed by atoms with Crippen molar-refractivity contribution in [2.75, 3.05) is 19.4 Å². The number of benzene rings is 1. The number of aromatic nitrogens is 2. The highest BCUT2D eigenvalue weighted by atomic mass is 32.2. The first-order valence-corrected chi connectivity index (χ1v) is 13.9. The smallest absolute Gasteiger partial charge is 0.416 e. The Morgan fingerprint density at radius 2 is 1.83 bits per heavy atom. The average Bonchev–Trinajstić information content (AvgIpc) is 3.20. The molecule has 0 radical (unpaired) electrons. The van der Waals surface area contributed by atoms with Crippen LogP contribution in [0.1, 0.15) is 49.6 Å². The summed E-state index contributed by atoms with van der Waals surface area (Å²) in [5, 5.41) is 4.18. The Bertz CT molecular complexity index is 1320. The molecule has 9 nitrogen and oxygen atoms in total. The fraction of sp³-hybridized carbons (Fsp3) is 0.524. The molecule has 2 aromatic rings. The van der Waals surface area contributed by atoms with Crippen LogP contribution in [0.25, 0.3) is 0 Å². The number of carbonyl (C=O) groups is 1. The number of esters is 1. The highest BCUT2D eigenvalue weighted by Crippen LogP contribution is 2.38. The van der Waals surface area contributed by atoms with Crippen LogP contribution in [0.2, 0.25) is 0 Å². The van der Waals surface area contributed by atoms with Crippen molar-refractivity contribution >= 4 is 25.8 Å². The lowest BCUT2D eigenvalue weighted by molar-refractivity contribution is -0.144. The van der Waals surface area contributed by atoms with Gasteiger partial charge in [0, 0.05) is 18.3 Å². The quantitative estimate of drug-likeness (QED) is 0.476. The third kappa shape index (κ3) is 5.54. The normalized spacial score (nSPS) is 16.8. The molecule has 1 aromatic heterocycles. The van der Waals surface area contributed by atoms with Crippen LogP contribution in [0.5, 0.6) is 0 Å². The Morgan fingerprint density at radius 1 is 1.17 bits per heavy atom. The summed E-state index contributed by atoms with van der Waals surface area (Å²) in [6, 6.07) is 0.874. The SMILES string of the molecule is CCOC(=O)Cn1ncc2c1CCCC2N(C)S(=O)(=O)c1cc(C(F)(F)F)cc(S(=O)(=O)CC)c1. The molecule has 1 heterocycles. The molecule has 14 heteroatoms. The molecular formula is C21H26F3N3O6S2. The zero-order valence-corrected chi connectivity index (χ0v) is 21.0. The van der Waals surface area contributed by atoms with Gasteiger partial charge in [0.05, 0.1) is 40.0 Å². The van der Waals surface area contributed by atoms with E-state index in [2.05, 4.69) is 5.10 Å². The molecule has 0 N–H and O–H groups in total. The Balaban J connectivity index is 2.04. The average molecular weight is 538 g/mol. The standard InChI is InChI=1S/C21H26F3N3O6S2/c1-4-33-20(28)13-27-19-8-6-7-18(17(19)12-25-27)26(3)35(31,32)16-10-14(21(22,23)24)9-15(11-16)34(29,30)5-2/h9-12,18H,4-8,13H2,1-3H3. The van der Waals surface area contributed by atoms with Gasteiger partial charge in [0.2, 0.25) is 10.0 Å². The molecule has 0 bridgehead atoms. The maximum absolute atomic E-state index is 13.5. The number of halogens is 3. The number of hydrogen-bond acceptors (Lipinski definition) is 7. The lowest BCUT2D eigenvalue weighted by Crippen LogP contribution is -2.34. The van der Waals surface area contributed by atoms with E-state index in [1.165, 1.54) is 24.9 Å². The molecule has 0 saturated heterocycles. The number of nitrogens with zero attached hydrogens (tertiary/aromatic N) is 3. The van der Waals surface area contributed by atoms with Crippen LogP contribution < -0.4 is 0 Å². The largest absolute Gasteiger partial charge is 0.465 e. The number of sulfonamides is 1. The fourth-order valence-corrected chi connectivity index (χ4v) is 6.46. The molecule has 3 rings (SSSR count). The van der Waals surface area contributed by atoms with Gasteiger partial charge in [-0.2, -0.15) is 22.6 Å². The summed E-state index contributed by atoms with van der Waals surface area (Å²) in [7, 11) is -7.43. The van der Waals surface area contributed by atoms with Crippen LogP contribution in [-0.4, -0.2) is 56.3 Å². The monoisotopic (exact) mass is 537 g/mol. The van der Waals surface area contributed by atoms with Gasteiger partial charge in [0.1, 0.15) is 6.54 Å². The van der Waals surface area contributed by atoms with Gasteiger partial charge in [-0.05, 0) is 44.4 Å². The van der Waals surface area contributed by atoms with Crippen LogP contribution in [0.15, 0.2) is 34.2 Å². The summed E-state index contributed by atoms with van der Waals surface area (Å²) in [4.78, 5) is 10.4. The van der Waals surface area contributed by atoms with E-state index in [0.29, 0.717) is 42.7 Å². The summed E-state index contributed by atoms with van der Waals surface area (Å²) >= 11 is 0. The number of alkyl halides is 3. The van der Waals surface area contributed by atoms with Gasteiger partial charge in [-0.1, -0.05) is 6.92 Å². The molecule has 1 aromatic carbocycles. The van der Waals surface area contributed by atoms with Gasteiger partial charge in [0.15, 0.2) is 9.84 Å². The van der Waals surface area contributed by atoms with E-state index in [-0.39, 0.29) is 13.2 Å². The number of sulfone groups is 1. The lowest BCUT2D eigenvalue weighted by atomic mass is 9.93. The van der Waals surface area contributed by atoms with Gasteiger partial charge in [-0.25, -0.2) is 16.8 Å².